The molecule has 1 unspecified atom stereocenters. The lowest BCUT2D eigenvalue weighted by Crippen LogP contribution is -2.52. The Labute approximate surface area is 318 Å². The fourth-order valence-corrected chi connectivity index (χ4v) is 7.52. The number of piperidine rings is 1. The van der Waals surface area contributed by atoms with Crippen LogP contribution in [0.4, 0.5) is 5.82 Å². The number of fused-ring (bicyclic) bond motifs is 2. The van der Waals surface area contributed by atoms with Gasteiger partial charge in [-0.2, -0.15) is 5.10 Å². The first-order valence-electron chi connectivity index (χ1n) is 19.2. The van der Waals surface area contributed by atoms with Gasteiger partial charge in [0.1, 0.15) is 35.2 Å². The quantitative estimate of drug-likeness (QED) is 0.135. The maximum absolute atomic E-state index is 13.3. The summed E-state index contributed by atoms with van der Waals surface area (Å²) in [4.78, 5) is 65.9. The fourth-order valence-electron chi connectivity index (χ4n) is 7.52. The van der Waals surface area contributed by atoms with Crippen LogP contribution in [0, 0.1) is 0 Å². The first kappa shape index (κ1) is 36.6. The van der Waals surface area contributed by atoms with Gasteiger partial charge in [-0.1, -0.05) is 12.1 Å². The van der Waals surface area contributed by atoms with E-state index in [1.807, 2.05) is 35.2 Å². The number of piperazine rings is 1. The maximum Gasteiger partial charge on any atom is 0.262 e. The number of nitrogens with one attached hydrogen (secondary N) is 2. The van der Waals surface area contributed by atoms with Crippen LogP contribution in [0.15, 0.2) is 48.8 Å². The van der Waals surface area contributed by atoms with Crippen LogP contribution in [0.3, 0.4) is 0 Å². The summed E-state index contributed by atoms with van der Waals surface area (Å²) in [6.07, 6.45) is 6.38. The van der Waals surface area contributed by atoms with E-state index in [2.05, 4.69) is 37.3 Å². The Morgan fingerprint density at radius 2 is 1.76 bits per heavy atom. The summed E-state index contributed by atoms with van der Waals surface area (Å²) in [6.45, 7) is 6.67. The molecule has 2 N–H and O–H groups in total. The van der Waals surface area contributed by atoms with Crippen LogP contribution in [-0.4, -0.2) is 124 Å². The van der Waals surface area contributed by atoms with Crippen molar-refractivity contribution in [3.8, 4) is 17.1 Å². The number of rotatable bonds is 15. The van der Waals surface area contributed by atoms with Gasteiger partial charge in [0.15, 0.2) is 0 Å². The zero-order valence-corrected chi connectivity index (χ0v) is 31.1. The Kier molecular flexibility index (Phi) is 10.5. The highest BCUT2D eigenvalue weighted by Gasteiger charge is 2.44. The third-order valence-corrected chi connectivity index (χ3v) is 10.9. The van der Waals surface area contributed by atoms with Crippen LogP contribution in [0.25, 0.3) is 22.3 Å². The number of imide groups is 1. The molecule has 0 spiro atoms. The van der Waals surface area contributed by atoms with Crippen molar-refractivity contribution in [2.75, 3.05) is 64.1 Å². The Morgan fingerprint density at radius 1 is 0.945 bits per heavy atom. The number of carbonyl (C=O) groups excluding carboxylic acids is 4. The van der Waals surface area contributed by atoms with E-state index in [9.17, 15) is 19.2 Å². The van der Waals surface area contributed by atoms with E-state index < -0.39 is 17.9 Å². The number of hydrogen-bond donors (Lipinski definition) is 2. The van der Waals surface area contributed by atoms with E-state index in [0.717, 1.165) is 63.6 Å². The third-order valence-electron chi connectivity index (χ3n) is 10.9. The van der Waals surface area contributed by atoms with Crippen LogP contribution in [0.5, 0.6) is 5.75 Å². The molecule has 2 aromatic carbocycles. The van der Waals surface area contributed by atoms with Crippen molar-refractivity contribution in [3.63, 3.8) is 0 Å². The molecule has 1 saturated carbocycles. The van der Waals surface area contributed by atoms with Crippen molar-refractivity contribution in [3.05, 3.63) is 65.5 Å². The zero-order valence-electron chi connectivity index (χ0n) is 31.1. The Balaban J connectivity index is 0.731. The lowest BCUT2D eigenvalue weighted by Gasteiger charge is -2.35. The Morgan fingerprint density at radius 3 is 2.56 bits per heavy atom. The molecule has 1 aliphatic carbocycles. The van der Waals surface area contributed by atoms with Gasteiger partial charge in [-0.15, -0.1) is 0 Å². The van der Waals surface area contributed by atoms with E-state index in [1.165, 1.54) is 0 Å². The van der Waals surface area contributed by atoms with Crippen molar-refractivity contribution in [1.82, 2.24) is 35.3 Å². The Hall–Kier alpha value is -5.41. The molecule has 4 aliphatic rings. The molecular formula is C40H46N8O7. The molecule has 0 bridgehead atoms. The second kappa shape index (κ2) is 15.7. The fraction of sp³-hybridized carbons (Fsp3) is 0.475. The number of aryl methyl sites for hydroxylation is 1. The summed E-state index contributed by atoms with van der Waals surface area (Å²) in [5.74, 6) is 0.588. The SMILES string of the molecule is CC1(Oc2ccc3[nH]nc(-c4cc(N5CCN(C(=O)CCOCCOCCCc6cccc7c6C(=O)N(C6CCCNC6=O)C7=O)CC5)ncn4)c3c2)CC1. The van der Waals surface area contributed by atoms with E-state index in [4.69, 9.17) is 14.2 Å². The number of H-pyrrole nitrogens is 1. The average Bonchev–Trinajstić information content (AvgIpc) is 3.68. The second-order valence-corrected chi connectivity index (χ2v) is 14.8. The van der Waals surface area contributed by atoms with Gasteiger partial charge in [0.2, 0.25) is 11.8 Å². The van der Waals surface area contributed by atoms with Gasteiger partial charge in [-0.25, -0.2) is 9.97 Å². The number of benzene rings is 2. The summed E-state index contributed by atoms with van der Waals surface area (Å²) >= 11 is 0. The minimum absolute atomic E-state index is 0.0520. The van der Waals surface area contributed by atoms with Gasteiger partial charge in [-0.3, -0.25) is 29.2 Å². The summed E-state index contributed by atoms with van der Waals surface area (Å²) < 4.78 is 17.6. The van der Waals surface area contributed by atoms with E-state index in [-0.39, 0.29) is 17.4 Å². The molecule has 3 aliphatic heterocycles. The molecule has 288 valence electrons. The number of anilines is 1. The Bertz CT molecular complexity index is 2090. The highest BCUT2D eigenvalue weighted by Crippen LogP contribution is 2.40. The summed E-state index contributed by atoms with van der Waals surface area (Å²) in [5.41, 5.74) is 3.83. The standard InChI is InChI=1S/C40H46N8O7/c1-40(12-13-40)55-27-9-10-30-29(23-27)36(45-44-30)31-24-33(43-25-42-31)46-15-17-47(18-16-46)34(49)11-20-54-22-21-53-19-4-6-26-5-2-7-28-35(26)39(52)48(38(28)51)32-8-3-14-41-37(32)50/h2,5,7,9-10,23-25,32H,3-4,6,8,11-22H2,1H3,(H,41,50)(H,44,45). The highest BCUT2D eigenvalue weighted by molar-refractivity contribution is 6.23. The predicted octanol–water partition coefficient (Wildman–Crippen LogP) is 3.53. The largest absolute Gasteiger partial charge is 0.488 e. The van der Waals surface area contributed by atoms with E-state index >= 15 is 0 Å². The maximum atomic E-state index is 13.3. The number of aromatic nitrogens is 4. The molecule has 4 amide bonds. The molecule has 5 heterocycles. The van der Waals surface area contributed by atoms with Crippen molar-refractivity contribution in [2.45, 2.75) is 63.5 Å². The van der Waals surface area contributed by atoms with Gasteiger partial charge >= 0.3 is 0 Å². The van der Waals surface area contributed by atoms with Crippen LogP contribution in [0.1, 0.15) is 71.7 Å². The lowest BCUT2D eigenvalue weighted by molar-refractivity contribution is -0.132. The van der Waals surface area contributed by atoms with Gasteiger partial charge in [-0.05, 0) is 75.3 Å². The van der Waals surface area contributed by atoms with Crippen LogP contribution in [0.2, 0.25) is 0 Å². The molecular weight excluding hydrogens is 704 g/mol. The molecule has 15 nitrogen and oxygen atoms in total. The molecule has 2 saturated heterocycles. The molecule has 55 heavy (non-hydrogen) atoms. The van der Waals surface area contributed by atoms with Gasteiger partial charge in [0.05, 0.1) is 48.6 Å². The lowest BCUT2D eigenvalue weighted by atomic mass is 9.99. The number of carbonyl (C=O) groups is 4. The average molecular weight is 751 g/mol. The smallest absolute Gasteiger partial charge is 0.262 e. The van der Waals surface area contributed by atoms with Crippen molar-refractivity contribution < 1.29 is 33.4 Å². The second-order valence-electron chi connectivity index (χ2n) is 14.8. The molecule has 2 aromatic heterocycles. The van der Waals surface area contributed by atoms with Gasteiger partial charge < -0.3 is 29.3 Å². The van der Waals surface area contributed by atoms with Crippen molar-refractivity contribution in [1.29, 1.82) is 0 Å². The van der Waals surface area contributed by atoms with Crippen LogP contribution in [-0.2, 0) is 25.5 Å². The molecule has 0 radical (unpaired) electrons. The minimum Gasteiger partial charge on any atom is -0.488 e. The topological polar surface area (TPSA) is 172 Å². The summed E-state index contributed by atoms with van der Waals surface area (Å²) in [5, 5.41) is 11.4. The van der Waals surface area contributed by atoms with E-state index in [1.54, 1.807) is 18.5 Å². The van der Waals surface area contributed by atoms with Gasteiger partial charge in [0.25, 0.3) is 11.8 Å². The number of hydrogen-bond acceptors (Lipinski definition) is 11. The predicted molar refractivity (Wildman–Crippen MR) is 202 cm³/mol. The first-order chi connectivity index (χ1) is 26.8. The highest BCUT2D eigenvalue weighted by atomic mass is 16.5. The number of amides is 4. The number of nitrogens with zero attached hydrogens (tertiary/aromatic N) is 6. The molecule has 1 atom stereocenters. The summed E-state index contributed by atoms with van der Waals surface area (Å²) in [7, 11) is 0. The molecule has 3 fully saturated rings. The monoisotopic (exact) mass is 750 g/mol. The summed E-state index contributed by atoms with van der Waals surface area (Å²) in [6, 6.07) is 12.4. The number of aromatic amines is 1. The minimum atomic E-state index is -0.761. The van der Waals surface area contributed by atoms with Gasteiger partial charge in [0, 0.05) is 50.8 Å². The third kappa shape index (κ3) is 7.89. The zero-order chi connectivity index (χ0) is 37.9. The first-order valence-corrected chi connectivity index (χ1v) is 19.2. The van der Waals surface area contributed by atoms with Crippen LogP contribution < -0.4 is 15.0 Å². The number of ether oxygens (including phenoxy) is 3. The molecule has 8 rings (SSSR count). The van der Waals surface area contributed by atoms with E-state index in [0.29, 0.717) is 96.0 Å². The normalized spacial score (nSPS) is 19.2. The van der Waals surface area contributed by atoms with Crippen molar-refractivity contribution >= 4 is 40.3 Å². The molecule has 15 heteroatoms. The van der Waals surface area contributed by atoms with Crippen LogP contribution >= 0.6 is 0 Å². The van der Waals surface area contributed by atoms with Crippen molar-refractivity contribution in [2.24, 2.45) is 0 Å². The molecule has 4 aromatic rings.